The molecule has 1 aliphatic heterocycles. The molecule has 174 valence electrons. The van der Waals surface area contributed by atoms with Crippen LogP contribution in [0, 0.1) is 22.7 Å². The number of aromatic nitrogens is 1. The van der Waals surface area contributed by atoms with Crippen molar-refractivity contribution in [2.75, 3.05) is 32.1 Å². The molecular weight excluding hydrogens is 483 g/mol. The van der Waals surface area contributed by atoms with E-state index in [9.17, 15) is 20.0 Å². The number of hydrogen-bond donors (Lipinski definition) is 2. The number of carboxylic acids is 1. The van der Waals surface area contributed by atoms with E-state index in [4.69, 9.17) is 4.74 Å². The molecule has 2 aromatic rings. The Morgan fingerprint density at radius 1 is 1.39 bits per heavy atom. The normalized spacial score (nSPS) is 19.5. The van der Waals surface area contributed by atoms with E-state index in [0.29, 0.717) is 21.0 Å². The van der Waals surface area contributed by atoms with Crippen LogP contribution >= 0.6 is 0 Å². The van der Waals surface area contributed by atoms with Crippen LogP contribution in [-0.4, -0.2) is 65.8 Å². The first kappa shape index (κ1) is 23.7. The third-order valence-corrected chi connectivity index (χ3v) is 7.74. The number of ether oxygens (including phenoxy) is 1. The summed E-state index contributed by atoms with van der Waals surface area (Å²) < 4.78 is 8.49. The Morgan fingerprint density at radius 2 is 2.09 bits per heavy atom. The van der Waals surface area contributed by atoms with Crippen LogP contribution in [0.1, 0.15) is 49.5 Å². The second-order valence-electron chi connectivity index (χ2n) is 9.58. The summed E-state index contributed by atoms with van der Waals surface area (Å²) in [4.78, 5) is 27.1. The van der Waals surface area contributed by atoms with Gasteiger partial charge in [0, 0.05) is 0 Å². The number of hydrogen-bond acceptors (Lipinski definition) is 6. The van der Waals surface area contributed by atoms with Gasteiger partial charge in [-0.3, -0.25) is 0 Å². The zero-order valence-corrected chi connectivity index (χ0v) is 21.3. The third kappa shape index (κ3) is 4.02. The maximum absolute atomic E-state index is 13.1. The average molecular weight is 512 g/mol. The van der Waals surface area contributed by atoms with Gasteiger partial charge in [0.2, 0.25) is 0 Å². The molecule has 2 fully saturated rings. The molecule has 2 aliphatic rings. The summed E-state index contributed by atoms with van der Waals surface area (Å²) in [5.74, 6) is -0.339. The van der Waals surface area contributed by atoms with Gasteiger partial charge < -0.3 is 0 Å². The minimum absolute atomic E-state index is 0.0404. The number of benzene rings is 1. The first-order chi connectivity index (χ1) is 15.6. The fourth-order valence-electron chi connectivity index (χ4n) is 5.25. The summed E-state index contributed by atoms with van der Waals surface area (Å²) in [6.45, 7) is 5.48. The van der Waals surface area contributed by atoms with Gasteiger partial charge in [0.05, 0.1) is 0 Å². The van der Waals surface area contributed by atoms with Gasteiger partial charge in [-0.1, -0.05) is 0 Å². The Hall–Kier alpha value is -2.49. The Morgan fingerprint density at radius 3 is 2.64 bits per heavy atom. The number of fused-ring (bicyclic) bond motifs is 1. The third-order valence-electron chi connectivity index (χ3n) is 7.00. The summed E-state index contributed by atoms with van der Waals surface area (Å²) in [5.41, 5.74) is 0.349. The molecule has 0 spiro atoms. The van der Waals surface area contributed by atoms with Crippen molar-refractivity contribution < 1.29 is 14.6 Å². The number of nitrogens with one attached hydrogen (secondary N) is 1. The molecule has 1 saturated heterocycles. The summed E-state index contributed by atoms with van der Waals surface area (Å²) >= 11 is 2.42. The topological polar surface area (TPSA) is 108 Å². The van der Waals surface area contributed by atoms with Crippen molar-refractivity contribution in [3.8, 4) is 11.8 Å². The van der Waals surface area contributed by atoms with Gasteiger partial charge in [-0.15, -0.1) is 0 Å². The fraction of sp³-hybridized carbons (Fsp3) is 0.542. The van der Waals surface area contributed by atoms with E-state index in [-0.39, 0.29) is 23.6 Å². The van der Waals surface area contributed by atoms with Crippen molar-refractivity contribution in [1.82, 2.24) is 9.88 Å². The van der Waals surface area contributed by atoms with E-state index < -0.39 is 16.8 Å². The van der Waals surface area contributed by atoms with Gasteiger partial charge in [-0.2, -0.15) is 0 Å². The molecule has 9 heteroatoms. The van der Waals surface area contributed by atoms with Crippen molar-refractivity contribution in [1.29, 1.82) is 5.26 Å². The van der Waals surface area contributed by atoms with E-state index in [1.807, 2.05) is 31.5 Å². The molecule has 2 unspecified atom stereocenters. The first-order valence-electron chi connectivity index (χ1n) is 11.2. The number of nitrogens with zero attached hydrogens (tertiary/aromatic N) is 3. The molecule has 1 aliphatic carbocycles. The van der Waals surface area contributed by atoms with Crippen LogP contribution in [0.2, 0.25) is 0 Å². The number of rotatable bonds is 7. The van der Waals surface area contributed by atoms with Crippen LogP contribution in [0.15, 0.2) is 17.1 Å². The van der Waals surface area contributed by atoms with Gasteiger partial charge in [-0.05, 0) is 0 Å². The van der Waals surface area contributed by atoms with E-state index in [2.05, 4.69) is 33.1 Å². The molecule has 1 aromatic heterocycles. The Balaban J connectivity index is 1.85. The van der Waals surface area contributed by atoms with Crippen LogP contribution in [0.3, 0.4) is 0 Å². The predicted molar refractivity (Wildman–Crippen MR) is 128 cm³/mol. The Bertz CT molecular complexity index is 1210. The van der Waals surface area contributed by atoms with Crippen molar-refractivity contribution in [2.24, 2.45) is 11.3 Å². The molecule has 2 atom stereocenters. The van der Waals surface area contributed by atoms with Crippen LogP contribution in [-0.2, 0) is 0 Å². The summed E-state index contributed by atoms with van der Waals surface area (Å²) in [6, 6.07) is 4.55. The van der Waals surface area contributed by atoms with Crippen molar-refractivity contribution in [3.63, 3.8) is 0 Å². The molecule has 2 radical (unpaired) electrons. The molecule has 1 saturated carbocycles. The maximum atomic E-state index is 13.1. The fourth-order valence-corrected chi connectivity index (χ4v) is 5.95. The van der Waals surface area contributed by atoms with Gasteiger partial charge in [0.15, 0.2) is 0 Å². The second kappa shape index (κ2) is 8.70. The van der Waals surface area contributed by atoms with Crippen LogP contribution < -0.4 is 24.7 Å². The van der Waals surface area contributed by atoms with Crippen molar-refractivity contribution in [2.45, 2.75) is 45.2 Å². The number of anilines is 1. The monoisotopic (exact) mass is 512 g/mol. The van der Waals surface area contributed by atoms with Crippen molar-refractivity contribution in [3.05, 3.63) is 28.0 Å². The molecular formula is C24H29AsN4O4. The number of carboxylic acid groups (broad SMARTS) is 1. The SMILES string of the molecule is CNC(C1CCN(c2cc([As])c3c(=O)c(C(=O)O)cn(C4CC4)c3c2OC)C1)C(C)(C)C#N. The van der Waals surface area contributed by atoms with Crippen LogP contribution in [0.5, 0.6) is 5.75 Å². The van der Waals surface area contributed by atoms with E-state index >= 15 is 0 Å². The average Bonchev–Trinajstić information content (AvgIpc) is 3.51. The molecule has 0 bridgehead atoms. The molecule has 2 N–H and O–H groups in total. The summed E-state index contributed by atoms with van der Waals surface area (Å²) in [7, 11) is 3.50. The summed E-state index contributed by atoms with van der Waals surface area (Å²) in [5, 5.41) is 23.0. The molecule has 2 heterocycles. The number of nitriles is 1. The van der Waals surface area contributed by atoms with E-state index in [0.717, 1.165) is 38.0 Å². The van der Waals surface area contributed by atoms with Gasteiger partial charge >= 0.3 is 202 Å². The Kier molecular flexibility index (Phi) is 6.24. The number of aromatic carboxylic acids is 1. The number of pyridine rings is 1. The quantitative estimate of drug-likeness (QED) is 0.545. The number of carbonyl (C=O) groups is 1. The second-order valence-corrected chi connectivity index (χ2v) is 10.6. The standard InChI is InChI=1S/C24H29AsN4O4/c1-24(2,12-26)22(27-3)13-7-8-28(10-13)17-9-16(25)18-19(21(17)33-4)29(14-5-6-14)11-15(20(18)30)23(31)32/h9,11,13-14,22,27H,5-8,10H2,1-4H3,(H,31,32). The van der Waals surface area contributed by atoms with E-state index in [1.54, 1.807) is 7.11 Å². The molecule has 4 rings (SSSR count). The van der Waals surface area contributed by atoms with Gasteiger partial charge in [0.1, 0.15) is 0 Å². The van der Waals surface area contributed by atoms with Crippen molar-refractivity contribution >= 4 is 43.8 Å². The molecule has 0 amide bonds. The molecule has 33 heavy (non-hydrogen) atoms. The molecule has 1 aromatic carbocycles. The first-order valence-corrected chi connectivity index (χ1v) is 12.1. The van der Waals surface area contributed by atoms with Gasteiger partial charge in [0.25, 0.3) is 0 Å². The zero-order chi connectivity index (χ0) is 24.1. The zero-order valence-electron chi connectivity index (χ0n) is 19.4. The van der Waals surface area contributed by atoms with Gasteiger partial charge in [-0.25, -0.2) is 0 Å². The number of methoxy groups -OCH3 is 1. The summed E-state index contributed by atoms with van der Waals surface area (Å²) in [6.07, 6.45) is 4.29. The van der Waals surface area contributed by atoms with E-state index in [1.165, 1.54) is 6.20 Å². The van der Waals surface area contributed by atoms with Crippen LogP contribution in [0.4, 0.5) is 5.69 Å². The molecule has 8 nitrogen and oxygen atoms in total. The Labute approximate surface area is 202 Å². The minimum atomic E-state index is -1.22. The predicted octanol–water partition coefficient (Wildman–Crippen LogP) is 1.80. The van der Waals surface area contributed by atoms with Crippen LogP contribution in [0.25, 0.3) is 10.9 Å².